The Hall–Kier alpha value is -0.410. The molecule has 0 aromatic carbocycles. The Labute approximate surface area is 55.8 Å². The van der Waals surface area contributed by atoms with Crippen LogP contribution in [-0.4, -0.2) is 25.5 Å². The highest BCUT2D eigenvalue weighted by atomic mass is 16.1. The van der Waals surface area contributed by atoms with Crippen LogP contribution in [0.3, 0.4) is 0 Å². The maximum absolute atomic E-state index is 10.4. The molecule has 0 aromatic rings. The van der Waals surface area contributed by atoms with E-state index in [0.717, 1.165) is 0 Å². The number of ketones is 1. The number of carbonyl (C=O) groups excluding carboxylic acids is 1. The van der Waals surface area contributed by atoms with E-state index in [9.17, 15) is 4.79 Å². The summed E-state index contributed by atoms with van der Waals surface area (Å²) in [5, 5.41) is 5.93. The van der Waals surface area contributed by atoms with Crippen molar-refractivity contribution in [3.8, 4) is 0 Å². The van der Waals surface area contributed by atoms with Crippen LogP contribution in [-0.2, 0) is 4.79 Å². The fourth-order valence-corrected chi connectivity index (χ4v) is 0.399. The van der Waals surface area contributed by atoms with Crippen molar-refractivity contribution in [3.05, 3.63) is 0 Å². The van der Waals surface area contributed by atoms with E-state index < -0.39 is 0 Å². The van der Waals surface area contributed by atoms with Crippen LogP contribution in [0, 0.1) is 0 Å². The van der Waals surface area contributed by atoms with Gasteiger partial charge in [0.25, 0.3) is 0 Å². The van der Waals surface area contributed by atoms with Gasteiger partial charge in [0, 0.05) is 0 Å². The maximum Gasteiger partial charge on any atom is 0.143 e. The zero-order valence-electron chi connectivity index (χ0n) is 6.19. The summed E-state index contributed by atoms with van der Waals surface area (Å²) in [5.41, 5.74) is 0. The van der Waals surface area contributed by atoms with E-state index in [2.05, 4.69) is 10.6 Å². The Kier molecular flexibility index (Phi) is 4.26. The van der Waals surface area contributed by atoms with E-state index in [0.29, 0.717) is 6.54 Å². The first-order chi connectivity index (χ1) is 4.16. The third kappa shape index (κ3) is 5.46. The van der Waals surface area contributed by atoms with Gasteiger partial charge in [-0.3, -0.25) is 10.1 Å². The average molecular weight is 130 g/mol. The molecular formula is C6H14N2O. The molecule has 0 saturated heterocycles. The Morgan fingerprint density at radius 3 is 2.56 bits per heavy atom. The highest BCUT2D eigenvalue weighted by molar-refractivity contribution is 5.77. The number of hydrogen-bond donors (Lipinski definition) is 2. The highest BCUT2D eigenvalue weighted by Crippen LogP contribution is 1.70. The van der Waals surface area contributed by atoms with Gasteiger partial charge in [0.05, 0.1) is 12.7 Å². The summed E-state index contributed by atoms with van der Waals surface area (Å²) in [6, 6.07) is 0. The summed E-state index contributed by atoms with van der Waals surface area (Å²) in [5.74, 6) is 0.164. The van der Waals surface area contributed by atoms with E-state index in [-0.39, 0.29) is 11.9 Å². The molecule has 1 unspecified atom stereocenters. The second-order valence-corrected chi connectivity index (χ2v) is 2.09. The van der Waals surface area contributed by atoms with Crippen LogP contribution in [0.15, 0.2) is 0 Å². The number of carbonyl (C=O) groups is 1. The highest BCUT2D eigenvalue weighted by Gasteiger charge is 1.96. The first-order valence-corrected chi connectivity index (χ1v) is 3.07. The molecule has 0 fully saturated rings. The summed E-state index contributed by atoms with van der Waals surface area (Å²) in [7, 11) is 1.85. The SMILES string of the molecule is CNC(C)NCC(C)=O. The van der Waals surface area contributed by atoms with Gasteiger partial charge in [-0.25, -0.2) is 0 Å². The molecule has 0 rings (SSSR count). The molecule has 3 heteroatoms. The molecule has 0 heterocycles. The topological polar surface area (TPSA) is 41.1 Å². The Bertz CT molecular complexity index is 93.1. The third-order valence-corrected chi connectivity index (χ3v) is 1.09. The second-order valence-electron chi connectivity index (χ2n) is 2.09. The van der Waals surface area contributed by atoms with Gasteiger partial charge in [0.15, 0.2) is 0 Å². The minimum atomic E-state index is 0.164. The van der Waals surface area contributed by atoms with Crippen molar-refractivity contribution in [2.45, 2.75) is 20.0 Å². The first-order valence-electron chi connectivity index (χ1n) is 3.07. The molecule has 0 amide bonds. The lowest BCUT2D eigenvalue weighted by Crippen LogP contribution is -2.39. The minimum Gasteiger partial charge on any atom is -0.305 e. The monoisotopic (exact) mass is 130 g/mol. The van der Waals surface area contributed by atoms with Gasteiger partial charge in [-0.05, 0) is 20.9 Å². The molecule has 0 aliphatic rings. The van der Waals surface area contributed by atoms with Crippen LogP contribution in [0.1, 0.15) is 13.8 Å². The van der Waals surface area contributed by atoms with E-state index in [1.165, 1.54) is 0 Å². The summed E-state index contributed by atoms with van der Waals surface area (Å²) in [6.07, 6.45) is 0.217. The van der Waals surface area contributed by atoms with Gasteiger partial charge in [0.2, 0.25) is 0 Å². The molecule has 0 aromatic heterocycles. The van der Waals surface area contributed by atoms with Gasteiger partial charge in [0.1, 0.15) is 5.78 Å². The molecule has 3 nitrogen and oxygen atoms in total. The van der Waals surface area contributed by atoms with Gasteiger partial charge in [-0.15, -0.1) is 0 Å². The standard InChI is InChI=1S/C6H14N2O/c1-5(9)4-8-6(2)7-3/h6-8H,4H2,1-3H3. The quantitative estimate of drug-likeness (QED) is 0.515. The van der Waals surface area contributed by atoms with Crippen LogP contribution in [0.5, 0.6) is 0 Å². The predicted molar refractivity (Wildman–Crippen MR) is 37.2 cm³/mol. The summed E-state index contributed by atoms with van der Waals surface area (Å²) >= 11 is 0. The van der Waals surface area contributed by atoms with Crippen molar-refractivity contribution >= 4 is 5.78 Å². The largest absolute Gasteiger partial charge is 0.305 e. The van der Waals surface area contributed by atoms with Crippen molar-refractivity contribution in [2.75, 3.05) is 13.6 Å². The van der Waals surface area contributed by atoms with Crippen molar-refractivity contribution in [1.82, 2.24) is 10.6 Å². The average Bonchev–Trinajstić information content (AvgIpc) is 1.83. The molecule has 9 heavy (non-hydrogen) atoms. The van der Waals surface area contributed by atoms with Crippen LogP contribution in [0.25, 0.3) is 0 Å². The normalized spacial score (nSPS) is 13.2. The molecule has 0 aliphatic carbocycles. The van der Waals surface area contributed by atoms with Crippen LogP contribution in [0.4, 0.5) is 0 Å². The third-order valence-electron chi connectivity index (χ3n) is 1.09. The van der Waals surface area contributed by atoms with Crippen LogP contribution >= 0.6 is 0 Å². The van der Waals surface area contributed by atoms with Crippen molar-refractivity contribution in [2.24, 2.45) is 0 Å². The van der Waals surface area contributed by atoms with Gasteiger partial charge < -0.3 is 5.32 Å². The number of hydrogen-bond acceptors (Lipinski definition) is 3. The minimum absolute atomic E-state index is 0.164. The summed E-state index contributed by atoms with van der Waals surface area (Å²) < 4.78 is 0. The smallest absolute Gasteiger partial charge is 0.143 e. The summed E-state index contributed by atoms with van der Waals surface area (Å²) in [6.45, 7) is 3.97. The molecule has 0 radical (unpaired) electrons. The first kappa shape index (κ1) is 8.59. The number of nitrogens with one attached hydrogen (secondary N) is 2. The molecular weight excluding hydrogens is 116 g/mol. The van der Waals surface area contributed by atoms with Gasteiger partial charge in [-0.1, -0.05) is 0 Å². The molecule has 1 atom stereocenters. The summed E-state index contributed by atoms with van der Waals surface area (Å²) in [4.78, 5) is 10.4. The molecule has 54 valence electrons. The zero-order chi connectivity index (χ0) is 7.28. The molecule has 0 spiro atoms. The van der Waals surface area contributed by atoms with Crippen molar-refractivity contribution < 1.29 is 4.79 Å². The fourth-order valence-electron chi connectivity index (χ4n) is 0.399. The van der Waals surface area contributed by atoms with Crippen molar-refractivity contribution in [1.29, 1.82) is 0 Å². The lowest BCUT2D eigenvalue weighted by Gasteiger charge is -2.09. The van der Waals surface area contributed by atoms with Crippen molar-refractivity contribution in [3.63, 3.8) is 0 Å². The predicted octanol–water partition coefficient (Wildman–Crippen LogP) is -0.270. The van der Waals surface area contributed by atoms with Gasteiger partial charge in [-0.2, -0.15) is 0 Å². The lowest BCUT2D eigenvalue weighted by atomic mass is 10.4. The maximum atomic E-state index is 10.4. The Morgan fingerprint density at radius 1 is 1.67 bits per heavy atom. The zero-order valence-corrected chi connectivity index (χ0v) is 6.19. The Balaban J connectivity index is 3.16. The molecule has 0 bridgehead atoms. The van der Waals surface area contributed by atoms with E-state index in [1.54, 1.807) is 6.92 Å². The second kappa shape index (κ2) is 4.47. The van der Waals surface area contributed by atoms with Gasteiger partial charge >= 0.3 is 0 Å². The molecule has 0 saturated carbocycles. The van der Waals surface area contributed by atoms with E-state index in [4.69, 9.17) is 0 Å². The molecule has 2 N–H and O–H groups in total. The number of rotatable bonds is 4. The van der Waals surface area contributed by atoms with Crippen LogP contribution < -0.4 is 10.6 Å². The lowest BCUT2D eigenvalue weighted by molar-refractivity contribution is -0.116. The van der Waals surface area contributed by atoms with Crippen LogP contribution in [0.2, 0.25) is 0 Å². The van der Waals surface area contributed by atoms with E-state index >= 15 is 0 Å². The van der Waals surface area contributed by atoms with E-state index in [1.807, 2.05) is 14.0 Å². The fraction of sp³-hybridized carbons (Fsp3) is 0.833. The molecule has 0 aliphatic heterocycles. The Morgan fingerprint density at radius 2 is 2.22 bits per heavy atom. The number of Topliss-reactive ketones (excluding diaryl/α,β-unsaturated/α-hetero) is 1.